The van der Waals surface area contributed by atoms with Crippen LogP contribution in [0.2, 0.25) is 0 Å². The highest BCUT2D eigenvalue weighted by molar-refractivity contribution is 5.37. The average molecular weight is 374 g/mol. The van der Waals surface area contributed by atoms with E-state index in [2.05, 4.69) is 20.0 Å². The van der Waals surface area contributed by atoms with Crippen molar-refractivity contribution < 1.29 is 19.2 Å². The van der Waals surface area contributed by atoms with Gasteiger partial charge in [0.15, 0.2) is 0 Å². The Bertz CT molecular complexity index is 658. The van der Waals surface area contributed by atoms with Gasteiger partial charge in [0.05, 0.1) is 24.2 Å². The normalized spacial score (nSPS) is 27.5. The molecule has 1 aliphatic rings. The van der Waals surface area contributed by atoms with Crippen LogP contribution in [0.4, 0.5) is 0 Å². The fourth-order valence-electron chi connectivity index (χ4n) is 4.74. The van der Waals surface area contributed by atoms with Crippen LogP contribution >= 0.6 is 0 Å². The predicted molar refractivity (Wildman–Crippen MR) is 98.3 cm³/mol. The van der Waals surface area contributed by atoms with Gasteiger partial charge in [-0.3, -0.25) is 0 Å². The van der Waals surface area contributed by atoms with E-state index >= 15 is 0 Å². The van der Waals surface area contributed by atoms with E-state index in [1.807, 2.05) is 20.8 Å². The summed E-state index contributed by atoms with van der Waals surface area (Å²) in [6, 6.07) is -1.55. The third-order valence-electron chi connectivity index (χ3n) is 5.77. The number of hydrogen-bond acceptors (Lipinski definition) is 8. The van der Waals surface area contributed by atoms with Crippen molar-refractivity contribution in [2.75, 3.05) is 0 Å². The van der Waals surface area contributed by atoms with Gasteiger partial charge in [0.1, 0.15) is 0 Å². The largest absolute Gasteiger partial charge is 0.235 e. The van der Waals surface area contributed by atoms with E-state index in [1.165, 1.54) is 0 Å². The third kappa shape index (κ3) is 5.26. The van der Waals surface area contributed by atoms with Crippen LogP contribution in [0.5, 0.6) is 0 Å². The molecule has 5 atom stereocenters. The molecule has 0 heterocycles. The van der Waals surface area contributed by atoms with E-state index in [1.54, 1.807) is 24.3 Å². The van der Waals surface area contributed by atoms with Gasteiger partial charge in [0.2, 0.25) is 24.3 Å². The number of nitrogens with zero attached hydrogens (tertiary/aromatic N) is 4. The van der Waals surface area contributed by atoms with Crippen LogP contribution < -0.4 is 0 Å². The molecule has 0 aromatic heterocycles. The summed E-state index contributed by atoms with van der Waals surface area (Å²) >= 11 is 0. The zero-order valence-electron chi connectivity index (χ0n) is 16.1. The first-order chi connectivity index (χ1) is 13.1. The van der Waals surface area contributed by atoms with Gasteiger partial charge in [-0.05, 0) is 44.4 Å². The molecule has 0 spiro atoms. The van der Waals surface area contributed by atoms with Crippen LogP contribution in [0, 0.1) is 11.3 Å². The van der Waals surface area contributed by atoms with Crippen LogP contribution in [-0.4, -0.2) is 48.5 Å². The molecule has 0 radical (unpaired) electrons. The first-order valence-electron chi connectivity index (χ1n) is 9.34. The summed E-state index contributed by atoms with van der Waals surface area (Å²) in [6.45, 7) is 5.71. The maximum absolute atomic E-state index is 11.1. The molecule has 1 rings (SSSR count). The number of carbonyl (C=O) groups excluding carboxylic acids is 4. The molecule has 1 fully saturated rings. The highest BCUT2D eigenvalue weighted by Gasteiger charge is 2.51. The molecule has 0 aromatic rings. The lowest BCUT2D eigenvalue weighted by Crippen LogP contribution is -2.51. The molecule has 0 saturated heterocycles. The summed E-state index contributed by atoms with van der Waals surface area (Å²) in [5.74, 6) is -0.0842. The van der Waals surface area contributed by atoms with Gasteiger partial charge in [-0.15, -0.1) is 0 Å². The van der Waals surface area contributed by atoms with Crippen molar-refractivity contribution in [1.29, 1.82) is 0 Å². The van der Waals surface area contributed by atoms with Crippen LogP contribution in [0.1, 0.15) is 59.3 Å². The molecule has 27 heavy (non-hydrogen) atoms. The van der Waals surface area contributed by atoms with Crippen LogP contribution in [0.15, 0.2) is 20.0 Å². The molecule has 146 valence electrons. The molecule has 1 saturated carbocycles. The third-order valence-corrected chi connectivity index (χ3v) is 5.77. The minimum absolute atomic E-state index is 0.0842. The first kappa shape index (κ1) is 22.6. The number of rotatable bonds is 10. The summed E-state index contributed by atoms with van der Waals surface area (Å²) in [7, 11) is 0. The SMILES string of the molecule is CCC(N=C=O)C1CC(N=C=O)CC(C(CC)N=C=O)(C(CC)N=C=O)C1. The Labute approximate surface area is 159 Å². The second-order valence-corrected chi connectivity index (χ2v) is 7.00. The maximum Gasteiger partial charge on any atom is 0.235 e. The molecular weight excluding hydrogens is 348 g/mol. The Balaban J connectivity index is 3.58. The van der Waals surface area contributed by atoms with Gasteiger partial charge in [0, 0.05) is 5.41 Å². The van der Waals surface area contributed by atoms with Crippen molar-refractivity contribution in [1.82, 2.24) is 0 Å². The Morgan fingerprint density at radius 2 is 1.37 bits per heavy atom. The van der Waals surface area contributed by atoms with Gasteiger partial charge in [0.25, 0.3) is 0 Å². The predicted octanol–water partition coefficient (Wildman–Crippen LogP) is 2.82. The smallest absolute Gasteiger partial charge is 0.211 e. The summed E-state index contributed by atoms with van der Waals surface area (Å²) in [4.78, 5) is 59.8. The maximum atomic E-state index is 11.1. The van der Waals surface area contributed by atoms with Crippen molar-refractivity contribution >= 4 is 24.3 Å². The van der Waals surface area contributed by atoms with Gasteiger partial charge < -0.3 is 0 Å². The van der Waals surface area contributed by atoms with Crippen molar-refractivity contribution in [3.8, 4) is 0 Å². The van der Waals surface area contributed by atoms with Crippen LogP contribution in [-0.2, 0) is 19.2 Å². The lowest BCUT2D eigenvalue weighted by molar-refractivity contribution is 0.0501. The fourth-order valence-corrected chi connectivity index (χ4v) is 4.74. The fraction of sp³-hybridized carbons (Fsp3) is 0.789. The standard InChI is InChI=1S/C19H26N4O4/c1-4-16(21-11-25)14-7-15(20-10-24)9-19(8-14,17(5-2)22-12-26)18(6-3)23-13-27/h14-18H,4-9H2,1-3H3. The molecule has 0 bridgehead atoms. The van der Waals surface area contributed by atoms with E-state index in [-0.39, 0.29) is 18.0 Å². The van der Waals surface area contributed by atoms with E-state index in [0.29, 0.717) is 38.5 Å². The zero-order valence-corrected chi connectivity index (χ0v) is 16.1. The van der Waals surface area contributed by atoms with Crippen LogP contribution in [0.3, 0.4) is 0 Å². The number of hydrogen-bond donors (Lipinski definition) is 0. The number of aliphatic imine (C=N–C) groups is 4. The minimum atomic E-state index is -0.682. The Morgan fingerprint density at radius 1 is 0.815 bits per heavy atom. The second kappa shape index (κ2) is 11.3. The lowest BCUT2D eigenvalue weighted by atomic mass is 9.58. The summed E-state index contributed by atoms with van der Waals surface area (Å²) in [5.41, 5.74) is -0.682. The second-order valence-electron chi connectivity index (χ2n) is 7.00. The molecule has 0 aromatic carbocycles. The lowest BCUT2D eigenvalue weighted by Gasteiger charge is -2.49. The van der Waals surface area contributed by atoms with Crippen molar-refractivity contribution in [2.24, 2.45) is 31.3 Å². The summed E-state index contributed by atoms with van der Waals surface area (Å²) < 4.78 is 0. The molecular formula is C19H26N4O4. The number of isocyanates is 4. The van der Waals surface area contributed by atoms with Crippen molar-refractivity contribution in [3.05, 3.63) is 0 Å². The van der Waals surface area contributed by atoms with Crippen molar-refractivity contribution in [2.45, 2.75) is 83.5 Å². The Morgan fingerprint density at radius 3 is 1.78 bits per heavy atom. The Kier molecular flexibility index (Phi) is 9.42. The molecule has 0 aliphatic heterocycles. The van der Waals surface area contributed by atoms with E-state index in [4.69, 9.17) is 0 Å². The van der Waals surface area contributed by atoms with Gasteiger partial charge in [-0.1, -0.05) is 20.8 Å². The molecule has 0 N–H and O–H groups in total. The average Bonchev–Trinajstić information content (AvgIpc) is 2.68. The molecule has 0 amide bonds. The molecule has 5 unspecified atom stereocenters. The quantitative estimate of drug-likeness (QED) is 0.431. The summed E-state index contributed by atoms with van der Waals surface area (Å²) in [5, 5.41) is 0. The van der Waals surface area contributed by atoms with Gasteiger partial charge >= 0.3 is 0 Å². The van der Waals surface area contributed by atoms with E-state index in [9.17, 15) is 19.2 Å². The van der Waals surface area contributed by atoms with Gasteiger partial charge in [-0.25, -0.2) is 39.1 Å². The Hall–Kier alpha value is -2.48. The van der Waals surface area contributed by atoms with Crippen LogP contribution in [0.25, 0.3) is 0 Å². The molecule has 8 heteroatoms. The first-order valence-corrected chi connectivity index (χ1v) is 9.34. The zero-order chi connectivity index (χ0) is 20.3. The summed E-state index contributed by atoms with van der Waals surface area (Å²) in [6.07, 6.45) is 9.75. The van der Waals surface area contributed by atoms with Crippen molar-refractivity contribution in [3.63, 3.8) is 0 Å². The molecule has 1 aliphatic carbocycles. The minimum Gasteiger partial charge on any atom is -0.211 e. The molecule has 8 nitrogen and oxygen atoms in total. The van der Waals surface area contributed by atoms with Gasteiger partial charge in [-0.2, -0.15) is 0 Å². The highest BCUT2D eigenvalue weighted by atomic mass is 16.1. The topological polar surface area (TPSA) is 118 Å². The monoisotopic (exact) mass is 374 g/mol. The highest BCUT2D eigenvalue weighted by Crippen LogP contribution is 2.50. The van der Waals surface area contributed by atoms with E-state index < -0.39 is 17.5 Å². The van der Waals surface area contributed by atoms with E-state index in [0.717, 1.165) is 0 Å².